The first-order valence-corrected chi connectivity index (χ1v) is 10.7. The van der Waals surface area contributed by atoms with E-state index in [1.54, 1.807) is 11.0 Å². The average Bonchev–Trinajstić information content (AvgIpc) is 2.82. The van der Waals surface area contributed by atoms with Gasteiger partial charge in [0.1, 0.15) is 6.10 Å². The van der Waals surface area contributed by atoms with E-state index in [4.69, 9.17) is 4.74 Å². The number of nitrogens with zero attached hydrogens (tertiary/aromatic N) is 1. The number of benzene rings is 2. The van der Waals surface area contributed by atoms with Crippen molar-refractivity contribution >= 4 is 23.4 Å². The fourth-order valence-corrected chi connectivity index (χ4v) is 3.55. The van der Waals surface area contributed by atoms with Crippen molar-refractivity contribution in [2.45, 2.75) is 32.3 Å². The molecule has 1 aliphatic rings. The highest BCUT2D eigenvalue weighted by molar-refractivity contribution is 6.39. The minimum Gasteiger partial charge on any atom is -0.370 e. The molecule has 3 rings (SSSR count). The molecule has 0 aromatic heterocycles. The molecule has 1 aliphatic heterocycles. The van der Waals surface area contributed by atoms with Gasteiger partial charge < -0.3 is 20.3 Å². The molecule has 1 saturated heterocycles. The fraction of sp³-hybridized carbons (Fsp3) is 0.375. The topological polar surface area (TPSA) is 87.7 Å². The van der Waals surface area contributed by atoms with E-state index in [1.165, 1.54) is 0 Å². The van der Waals surface area contributed by atoms with Crippen LogP contribution in [0.25, 0.3) is 0 Å². The molecule has 0 aliphatic carbocycles. The Bertz CT molecular complexity index is 901. The number of morpholine rings is 1. The van der Waals surface area contributed by atoms with Gasteiger partial charge in [0.05, 0.1) is 13.2 Å². The summed E-state index contributed by atoms with van der Waals surface area (Å²) < 4.78 is 5.80. The number of aryl methyl sites for hydroxylation is 1. The second kappa shape index (κ2) is 11.3. The number of carbonyl (C=O) groups excluding carboxylic acids is 3. The van der Waals surface area contributed by atoms with Gasteiger partial charge in [-0.05, 0) is 30.0 Å². The first kappa shape index (κ1) is 22.5. The maximum atomic E-state index is 12.5. The Kier molecular flexibility index (Phi) is 8.18. The van der Waals surface area contributed by atoms with Crippen LogP contribution < -0.4 is 10.6 Å². The Balaban J connectivity index is 1.39. The summed E-state index contributed by atoms with van der Waals surface area (Å²) >= 11 is 0. The van der Waals surface area contributed by atoms with Crippen molar-refractivity contribution in [2.24, 2.45) is 0 Å². The van der Waals surface area contributed by atoms with Gasteiger partial charge >= 0.3 is 11.8 Å². The number of rotatable bonds is 7. The summed E-state index contributed by atoms with van der Waals surface area (Å²) in [6, 6.07) is 17.2. The zero-order valence-electron chi connectivity index (χ0n) is 17.8. The molecular formula is C24H29N3O4. The normalized spacial score (nSPS) is 15.9. The van der Waals surface area contributed by atoms with Crippen molar-refractivity contribution in [3.8, 4) is 0 Å². The Labute approximate surface area is 182 Å². The van der Waals surface area contributed by atoms with E-state index < -0.39 is 11.8 Å². The summed E-state index contributed by atoms with van der Waals surface area (Å²) in [4.78, 5) is 38.5. The molecule has 0 spiro atoms. The molecule has 0 saturated carbocycles. The number of hydrogen-bond donors (Lipinski definition) is 2. The van der Waals surface area contributed by atoms with E-state index in [-0.39, 0.29) is 18.6 Å². The number of carbonyl (C=O) groups is 3. The van der Waals surface area contributed by atoms with Crippen molar-refractivity contribution in [2.75, 3.05) is 31.6 Å². The molecule has 1 fully saturated rings. The van der Waals surface area contributed by atoms with Crippen molar-refractivity contribution in [1.82, 2.24) is 10.2 Å². The van der Waals surface area contributed by atoms with Gasteiger partial charge in [-0.15, -0.1) is 0 Å². The molecule has 0 bridgehead atoms. The SMILES string of the molecule is CCc1ccccc1NC(=O)C(=O)NCCCC(=O)N1CCOC(c2ccccc2)C1. The van der Waals surface area contributed by atoms with E-state index in [0.717, 1.165) is 17.5 Å². The Morgan fingerprint density at radius 3 is 2.55 bits per heavy atom. The lowest BCUT2D eigenvalue weighted by atomic mass is 10.1. The van der Waals surface area contributed by atoms with Gasteiger partial charge in [-0.25, -0.2) is 0 Å². The number of para-hydroxylation sites is 1. The van der Waals surface area contributed by atoms with Gasteiger partial charge in [-0.2, -0.15) is 0 Å². The maximum Gasteiger partial charge on any atom is 0.313 e. The number of nitrogens with one attached hydrogen (secondary N) is 2. The largest absolute Gasteiger partial charge is 0.370 e. The third-order valence-electron chi connectivity index (χ3n) is 5.30. The highest BCUT2D eigenvalue weighted by Gasteiger charge is 2.25. The summed E-state index contributed by atoms with van der Waals surface area (Å²) in [5, 5.41) is 5.23. The van der Waals surface area contributed by atoms with E-state index in [1.807, 2.05) is 55.5 Å². The lowest BCUT2D eigenvalue weighted by molar-refractivity contribution is -0.139. The molecule has 0 radical (unpaired) electrons. The molecule has 31 heavy (non-hydrogen) atoms. The van der Waals surface area contributed by atoms with Crippen LogP contribution in [0.4, 0.5) is 5.69 Å². The van der Waals surface area contributed by atoms with E-state index in [2.05, 4.69) is 10.6 Å². The first-order valence-electron chi connectivity index (χ1n) is 10.7. The molecule has 2 N–H and O–H groups in total. The van der Waals surface area contributed by atoms with Crippen LogP contribution in [-0.2, 0) is 25.5 Å². The minimum atomic E-state index is -0.703. The van der Waals surface area contributed by atoms with Gasteiger partial charge in [0.2, 0.25) is 5.91 Å². The molecule has 7 nitrogen and oxygen atoms in total. The van der Waals surface area contributed by atoms with Gasteiger partial charge in [0.25, 0.3) is 0 Å². The molecule has 3 amide bonds. The summed E-state index contributed by atoms with van der Waals surface area (Å²) in [5.74, 6) is -1.38. The van der Waals surface area contributed by atoms with E-state index in [9.17, 15) is 14.4 Å². The van der Waals surface area contributed by atoms with Crippen LogP contribution in [-0.4, -0.2) is 48.9 Å². The van der Waals surface area contributed by atoms with Gasteiger partial charge in [-0.3, -0.25) is 14.4 Å². The highest BCUT2D eigenvalue weighted by atomic mass is 16.5. The fourth-order valence-electron chi connectivity index (χ4n) is 3.55. The molecule has 164 valence electrons. The quantitative estimate of drug-likeness (QED) is 0.529. The smallest absolute Gasteiger partial charge is 0.313 e. The predicted octanol–water partition coefficient (Wildman–Crippen LogP) is 2.68. The predicted molar refractivity (Wildman–Crippen MR) is 118 cm³/mol. The standard InChI is InChI=1S/C24H29N3O4/c1-2-18-9-6-7-12-20(18)26-24(30)23(29)25-14-8-13-22(28)27-15-16-31-21(17-27)19-10-4-3-5-11-19/h3-7,9-12,21H,2,8,13-17H2,1H3,(H,25,29)(H,26,30). The molecule has 2 aromatic carbocycles. The van der Waals surface area contributed by atoms with Crippen LogP contribution >= 0.6 is 0 Å². The van der Waals surface area contributed by atoms with E-state index in [0.29, 0.717) is 38.2 Å². The van der Waals surface area contributed by atoms with Crippen LogP contribution in [0.15, 0.2) is 54.6 Å². The second-order valence-corrected chi connectivity index (χ2v) is 7.43. The van der Waals surface area contributed by atoms with Crippen LogP contribution in [0.1, 0.15) is 37.0 Å². The number of anilines is 1. The average molecular weight is 424 g/mol. The van der Waals surface area contributed by atoms with Crippen molar-refractivity contribution in [3.05, 3.63) is 65.7 Å². The lowest BCUT2D eigenvalue weighted by Gasteiger charge is -2.33. The molecule has 1 heterocycles. The third-order valence-corrected chi connectivity index (χ3v) is 5.30. The van der Waals surface area contributed by atoms with Gasteiger partial charge in [0, 0.05) is 25.2 Å². The summed E-state index contributed by atoms with van der Waals surface area (Å²) in [6.45, 7) is 3.84. The van der Waals surface area contributed by atoms with Crippen molar-refractivity contribution < 1.29 is 19.1 Å². The zero-order chi connectivity index (χ0) is 22.1. The Morgan fingerprint density at radius 1 is 1.03 bits per heavy atom. The number of hydrogen-bond acceptors (Lipinski definition) is 4. The first-order chi connectivity index (χ1) is 15.1. The molecule has 7 heteroatoms. The van der Waals surface area contributed by atoms with Crippen LogP contribution in [0.3, 0.4) is 0 Å². The number of ether oxygens (including phenoxy) is 1. The number of amides is 3. The molecule has 1 unspecified atom stereocenters. The highest BCUT2D eigenvalue weighted by Crippen LogP contribution is 2.22. The second-order valence-electron chi connectivity index (χ2n) is 7.43. The molecule has 2 aromatic rings. The monoisotopic (exact) mass is 423 g/mol. The van der Waals surface area contributed by atoms with Crippen molar-refractivity contribution in [3.63, 3.8) is 0 Å². The van der Waals surface area contributed by atoms with Gasteiger partial charge in [-0.1, -0.05) is 55.5 Å². The Morgan fingerprint density at radius 2 is 1.77 bits per heavy atom. The lowest BCUT2D eigenvalue weighted by Crippen LogP contribution is -2.42. The zero-order valence-corrected chi connectivity index (χ0v) is 17.8. The summed E-state index contributed by atoms with van der Waals surface area (Å²) in [5.41, 5.74) is 2.66. The summed E-state index contributed by atoms with van der Waals surface area (Å²) in [6.07, 6.45) is 1.42. The van der Waals surface area contributed by atoms with Crippen LogP contribution in [0.2, 0.25) is 0 Å². The van der Waals surface area contributed by atoms with Gasteiger partial charge in [0.15, 0.2) is 0 Å². The maximum absolute atomic E-state index is 12.5. The molecule has 1 atom stereocenters. The molecular weight excluding hydrogens is 394 g/mol. The summed E-state index contributed by atoms with van der Waals surface area (Å²) in [7, 11) is 0. The third kappa shape index (κ3) is 6.39. The van der Waals surface area contributed by atoms with E-state index >= 15 is 0 Å². The van der Waals surface area contributed by atoms with Crippen LogP contribution in [0, 0.1) is 0 Å². The van der Waals surface area contributed by atoms with Crippen LogP contribution in [0.5, 0.6) is 0 Å². The minimum absolute atomic E-state index is 0.0276. The Hall–Kier alpha value is -3.19. The van der Waals surface area contributed by atoms with Crippen molar-refractivity contribution in [1.29, 1.82) is 0 Å².